The number of benzene rings is 2. The fourth-order valence-corrected chi connectivity index (χ4v) is 2.76. The number of hydrogen-bond donors (Lipinski definition) is 2. The van der Waals surface area contributed by atoms with Crippen molar-refractivity contribution in [3.8, 4) is 5.88 Å². The zero-order valence-corrected chi connectivity index (χ0v) is 15.1. The van der Waals surface area contributed by atoms with Crippen molar-refractivity contribution >= 4 is 34.1 Å². The summed E-state index contributed by atoms with van der Waals surface area (Å²) in [5, 5.41) is 21.4. The first-order valence-electron chi connectivity index (χ1n) is 8.63. The molecule has 27 heavy (non-hydrogen) atoms. The molecule has 2 N–H and O–H groups in total. The summed E-state index contributed by atoms with van der Waals surface area (Å²) in [4.78, 5) is 23.9. The normalized spacial score (nSPS) is 11.2. The molecule has 0 radical (unpaired) electrons. The van der Waals surface area contributed by atoms with E-state index in [0.717, 1.165) is 11.9 Å². The zero-order valence-electron chi connectivity index (χ0n) is 15.1. The van der Waals surface area contributed by atoms with Crippen molar-refractivity contribution in [2.75, 3.05) is 5.32 Å². The van der Waals surface area contributed by atoms with Gasteiger partial charge in [0.1, 0.15) is 0 Å². The van der Waals surface area contributed by atoms with Crippen molar-refractivity contribution in [3.63, 3.8) is 0 Å². The van der Waals surface area contributed by atoms with Gasteiger partial charge in [-0.15, -0.1) is 10.2 Å². The molecule has 0 aliphatic rings. The molecule has 0 aliphatic heterocycles. The van der Waals surface area contributed by atoms with Crippen LogP contribution in [-0.2, 0) is 11.8 Å². The average molecular weight is 364 g/mol. The van der Waals surface area contributed by atoms with Crippen LogP contribution in [0.2, 0.25) is 0 Å². The molecule has 0 spiro atoms. The predicted molar refractivity (Wildman–Crippen MR) is 103 cm³/mol. The second kappa shape index (κ2) is 7.82. The molecular weight excluding hydrogens is 344 g/mol. The number of amides is 2. The lowest BCUT2D eigenvalue weighted by Crippen LogP contribution is -2.10. The van der Waals surface area contributed by atoms with Gasteiger partial charge in [0.15, 0.2) is 5.69 Å². The fraction of sp³-hybridized carbons (Fsp3) is 0.200. The molecule has 0 saturated carbocycles. The van der Waals surface area contributed by atoms with Crippen molar-refractivity contribution in [3.05, 3.63) is 54.1 Å². The van der Waals surface area contributed by atoms with Crippen LogP contribution in [0.25, 0.3) is 10.9 Å². The summed E-state index contributed by atoms with van der Waals surface area (Å²) >= 11 is 0. The lowest BCUT2D eigenvalue weighted by molar-refractivity contribution is -0.116. The van der Waals surface area contributed by atoms with E-state index in [1.807, 2.05) is 31.2 Å². The molecule has 1 heterocycles. The van der Waals surface area contributed by atoms with Crippen LogP contribution in [0.3, 0.4) is 0 Å². The van der Waals surface area contributed by atoms with Crippen LogP contribution in [0, 0.1) is 0 Å². The van der Waals surface area contributed by atoms with Crippen LogP contribution in [0.4, 0.5) is 11.4 Å². The van der Waals surface area contributed by atoms with Crippen LogP contribution in [0.5, 0.6) is 5.88 Å². The Labute approximate surface area is 156 Å². The Morgan fingerprint density at radius 1 is 1.11 bits per heavy atom. The van der Waals surface area contributed by atoms with E-state index in [2.05, 4.69) is 15.5 Å². The summed E-state index contributed by atoms with van der Waals surface area (Å²) < 4.78 is 1.59. The third kappa shape index (κ3) is 3.87. The molecule has 138 valence electrons. The first-order valence-corrected chi connectivity index (χ1v) is 8.63. The van der Waals surface area contributed by atoms with Gasteiger partial charge in [-0.1, -0.05) is 25.1 Å². The van der Waals surface area contributed by atoms with Gasteiger partial charge in [0.2, 0.25) is 11.8 Å². The number of para-hydroxylation sites is 1. The van der Waals surface area contributed by atoms with Crippen molar-refractivity contribution in [1.29, 1.82) is 0 Å². The van der Waals surface area contributed by atoms with Crippen molar-refractivity contribution < 1.29 is 14.7 Å². The molecule has 1 aromatic heterocycles. The number of aromatic hydroxyl groups is 1. The van der Waals surface area contributed by atoms with Crippen molar-refractivity contribution in [1.82, 2.24) is 4.57 Å². The van der Waals surface area contributed by atoms with E-state index in [-0.39, 0.29) is 17.5 Å². The Bertz CT molecular complexity index is 1020. The Morgan fingerprint density at radius 3 is 2.52 bits per heavy atom. The summed E-state index contributed by atoms with van der Waals surface area (Å²) in [6.45, 7) is 1.93. The number of azo groups is 1. The quantitative estimate of drug-likeness (QED) is 0.650. The number of anilines is 1. The minimum absolute atomic E-state index is 0.0539. The number of aromatic nitrogens is 1. The first kappa shape index (κ1) is 18.3. The zero-order chi connectivity index (χ0) is 19.4. The lowest BCUT2D eigenvalue weighted by Gasteiger charge is -2.04. The van der Waals surface area contributed by atoms with Gasteiger partial charge in [-0.2, -0.15) is 0 Å². The second-order valence-electron chi connectivity index (χ2n) is 6.13. The maximum atomic E-state index is 12.3. The van der Waals surface area contributed by atoms with Gasteiger partial charge in [0.25, 0.3) is 5.91 Å². The van der Waals surface area contributed by atoms with Gasteiger partial charge >= 0.3 is 0 Å². The number of nitrogens with zero attached hydrogens (tertiary/aromatic N) is 3. The maximum Gasteiger partial charge on any atom is 0.295 e. The Hall–Kier alpha value is -3.48. The van der Waals surface area contributed by atoms with Gasteiger partial charge in [0, 0.05) is 30.1 Å². The van der Waals surface area contributed by atoms with Gasteiger partial charge < -0.3 is 15.0 Å². The van der Waals surface area contributed by atoms with Gasteiger partial charge in [-0.05, 0) is 36.8 Å². The summed E-state index contributed by atoms with van der Waals surface area (Å²) in [7, 11) is 1.71. The molecule has 3 rings (SSSR count). The van der Waals surface area contributed by atoms with E-state index in [1.165, 1.54) is 0 Å². The molecule has 7 nitrogen and oxygen atoms in total. The SMILES string of the molecule is CCCC(=O)Nc1ccc(C(=O)N=Nc2c(O)n(C)c3ccccc23)cc1. The number of rotatable bonds is 5. The van der Waals surface area contributed by atoms with Crippen molar-refractivity contribution in [2.24, 2.45) is 17.3 Å². The molecule has 0 atom stereocenters. The largest absolute Gasteiger partial charge is 0.493 e. The molecule has 0 bridgehead atoms. The number of aryl methyl sites for hydroxylation is 1. The third-order valence-corrected chi connectivity index (χ3v) is 4.18. The van der Waals surface area contributed by atoms with Crippen LogP contribution in [0.15, 0.2) is 58.8 Å². The van der Waals surface area contributed by atoms with E-state index in [0.29, 0.717) is 23.1 Å². The monoisotopic (exact) mass is 364 g/mol. The highest BCUT2D eigenvalue weighted by atomic mass is 16.3. The van der Waals surface area contributed by atoms with Crippen molar-refractivity contribution in [2.45, 2.75) is 19.8 Å². The maximum absolute atomic E-state index is 12.3. The molecule has 0 aliphatic carbocycles. The number of nitrogens with one attached hydrogen (secondary N) is 1. The highest BCUT2D eigenvalue weighted by Crippen LogP contribution is 2.37. The summed E-state index contributed by atoms with van der Waals surface area (Å²) in [5.41, 5.74) is 2.01. The van der Waals surface area contributed by atoms with E-state index in [4.69, 9.17) is 0 Å². The molecule has 0 saturated heterocycles. The van der Waals surface area contributed by atoms with Crippen LogP contribution >= 0.6 is 0 Å². The predicted octanol–water partition coefficient (Wildman–Crippen LogP) is 4.55. The molecule has 7 heteroatoms. The van der Waals surface area contributed by atoms with E-state index >= 15 is 0 Å². The number of carbonyl (C=O) groups is 2. The number of carbonyl (C=O) groups excluding carboxylic acids is 2. The molecule has 0 unspecified atom stereocenters. The lowest BCUT2D eigenvalue weighted by atomic mass is 10.2. The third-order valence-electron chi connectivity index (χ3n) is 4.18. The number of fused-ring (bicyclic) bond motifs is 1. The summed E-state index contributed by atoms with van der Waals surface area (Å²) in [6, 6.07) is 13.8. The van der Waals surface area contributed by atoms with Gasteiger partial charge in [0.05, 0.1) is 5.52 Å². The summed E-state index contributed by atoms with van der Waals surface area (Å²) in [6.07, 6.45) is 1.22. The number of hydrogen-bond acceptors (Lipinski definition) is 4. The minimum atomic E-state index is -0.534. The minimum Gasteiger partial charge on any atom is -0.493 e. The first-order chi connectivity index (χ1) is 13.0. The van der Waals surface area contributed by atoms with E-state index in [9.17, 15) is 14.7 Å². The van der Waals surface area contributed by atoms with Gasteiger partial charge in [-0.25, -0.2) is 0 Å². The Morgan fingerprint density at radius 2 is 1.81 bits per heavy atom. The second-order valence-corrected chi connectivity index (χ2v) is 6.13. The summed E-state index contributed by atoms with van der Waals surface area (Å²) in [5.74, 6) is -0.654. The van der Waals surface area contributed by atoms with Crippen LogP contribution in [-0.4, -0.2) is 21.5 Å². The molecular formula is C20H20N4O3. The average Bonchev–Trinajstić information content (AvgIpc) is 2.91. The van der Waals surface area contributed by atoms with E-state index < -0.39 is 5.91 Å². The topological polar surface area (TPSA) is 96.1 Å². The molecule has 2 aromatic carbocycles. The fourth-order valence-electron chi connectivity index (χ4n) is 2.76. The highest BCUT2D eigenvalue weighted by molar-refractivity contribution is 5.98. The van der Waals surface area contributed by atoms with Crippen LogP contribution in [0.1, 0.15) is 30.1 Å². The smallest absolute Gasteiger partial charge is 0.295 e. The van der Waals surface area contributed by atoms with E-state index in [1.54, 1.807) is 35.9 Å². The Kier molecular flexibility index (Phi) is 5.30. The molecule has 0 fully saturated rings. The highest BCUT2D eigenvalue weighted by Gasteiger charge is 2.14. The van der Waals surface area contributed by atoms with Crippen LogP contribution < -0.4 is 5.32 Å². The Balaban J connectivity index is 1.78. The standard InChI is InChI=1S/C20H20N4O3/c1-3-6-17(25)21-14-11-9-13(10-12-14)19(26)23-22-18-15-7-4-5-8-16(15)24(2)20(18)27/h4-5,7-12,27H,3,6H2,1-2H3,(H,21,25). The molecule has 2 amide bonds. The van der Waals surface area contributed by atoms with Gasteiger partial charge in [-0.3, -0.25) is 9.59 Å². The molecule has 3 aromatic rings.